The fourth-order valence-corrected chi connectivity index (χ4v) is 2.32. The van der Waals surface area contributed by atoms with E-state index in [1.165, 1.54) is 0 Å². The summed E-state index contributed by atoms with van der Waals surface area (Å²) in [5.74, 6) is 2.37. The van der Waals surface area contributed by atoms with Crippen LogP contribution in [0.4, 0.5) is 5.82 Å². The zero-order valence-corrected chi connectivity index (χ0v) is 13.2. The van der Waals surface area contributed by atoms with Crippen LogP contribution in [0.25, 0.3) is 0 Å². The molecule has 1 aromatic heterocycles. The Bertz CT molecular complexity index is 420. The Balaban J connectivity index is 1.96. The highest BCUT2D eigenvalue weighted by Crippen LogP contribution is 2.17. The molecular formula is C16H27N3O2. The lowest BCUT2D eigenvalue weighted by molar-refractivity contribution is 0.120. The Morgan fingerprint density at radius 1 is 1.33 bits per heavy atom. The van der Waals surface area contributed by atoms with Crippen LogP contribution in [0.3, 0.4) is 0 Å². The van der Waals surface area contributed by atoms with E-state index in [0.717, 1.165) is 63.3 Å². The third-order valence-corrected chi connectivity index (χ3v) is 3.51. The summed E-state index contributed by atoms with van der Waals surface area (Å²) in [7, 11) is 0. The topological polar surface area (TPSA) is 56.3 Å². The number of hydrogen-bond donors (Lipinski definition) is 1. The van der Waals surface area contributed by atoms with E-state index in [-0.39, 0.29) is 0 Å². The molecule has 1 aliphatic heterocycles. The highest BCUT2D eigenvalue weighted by molar-refractivity contribution is 5.38. The molecule has 0 spiro atoms. The molecule has 1 unspecified atom stereocenters. The van der Waals surface area contributed by atoms with E-state index >= 15 is 0 Å². The lowest BCUT2D eigenvalue weighted by Gasteiger charge is -2.13. The van der Waals surface area contributed by atoms with E-state index in [1.54, 1.807) is 0 Å². The van der Waals surface area contributed by atoms with Gasteiger partial charge in [0.05, 0.1) is 12.7 Å². The third kappa shape index (κ3) is 5.50. The standard InChI is InChI=1S/C16H27N3O2/c1-3-5-9-21-16-11-15(18-14(19-16)7-4-2)17-12-13-8-6-10-20-13/h11,13H,3-10,12H2,1-2H3,(H,17,18,19). The minimum Gasteiger partial charge on any atom is -0.478 e. The number of nitrogens with one attached hydrogen (secondary N) is 1. The summed E-state index contributed by atoms with van der Waals surface area (Å²) < 4.78 is 11.3. The number of nitrogens with zero attached hydrogens (tertiary/aromatic N) is 2. The fraction of sp³-hybridized carbons (Fsp3) is 0.750. The van der Waals surface area contributed by atoms with Gasteiger partial charge in [0, 0.05) is 25.6 Å². The zero-order valence-electron chi connectivity index (χ0n) is 13.2. The number of unbranched alkanes of at least 4 members (excludes halogenated alkanes) is 1. The minimum absolute atomic E-state index is 0.305. The van der Waals surface area contributed by atoms with Crippen molar-refractivity contribution in [2.75, 3.05) is 25.1 Å². The Hall–Kier alpha value is -1.36. The molecule has 5 nitrogen and oxygen atoms in total. The van der Waals surface area contributed by atoms with Crippen LogP contribution in [0.1, 0.15) is 51.8 Å². The van der Waals surface area contributed by atoms with Gasteiger partial charge in [0.2, 0.25) is 5.88 Å². The molecule has 0 aromatic carbocycles. The van der Waals surface area contributed by atoms with Gasteiger partial charge in [-0.1, -0.05) is 20.3 Å². The quantitative estimate of drug-likeness (QED) is 0.709. The number of ether oxygens (including phenoxy) is 2. The van der Waals surface area contributed by atoms with Gasteiger partial charge in [-0.2, -0.15) is 4.98 Å². The summed E-state index contributed by atoms with van der Waals surface area (Å²) in [6.45, 7) is 6.68. The Labute approximate surface area is 127 Å². The summed E-state index contributed by atoms with van der Waals surface area (Å²) in [5.41, 5.74) is 0. The van der Waals surface area contributed by atoms with E-state index in [9.17, 15) is 0 Å². The van der Waals surface area contributed by atoms with Gasteiger partial charge >= 0.3 is 0 Å². The van der Waals surface area contributed by atoms with E-state index in [4.69, 9.17) is 9.47 Å². The van der Waals surface area contributed by atoms with Crippen molar-refractivity contribution in [2.24, 2.45) is 0 Å². The molecule has 1 saturated heterocycles. The first-order valence-electron chi connectivity index (χ1n) is 8.18. The first-order chi connectivity index (χ1) is 10.3. The second-order valence-electron chi connectivity index (χ2n) is 5.48. The van der Waals surface area contributed by atoms with Gasteiger partial charge in [0.25, 0.3) is 0 Å². The van der Waals surface area contributed by atoms with Gasteiger partial charge in [-0.15, -0.1) is 0 Å². The van der Waals surface area contributed by atoms with Crippen LogP contribution in [0.2, 0.25) is 0 Å². The maximum Gasteiger partial charge on any atom is 0.218 e. The van der Waals surface area contributed by atoms with E-state index in [1.807, 2.05) is 6.07 Å². The van der Waals surface area contributed by atoms with Crippen molar-refractivity contribution in [1.82, 2.24) is 9.97 Å². The van der Waals surface area contributed by atoms with E-state index < -0.39 is 0 Å². The number of aryl methyl sites for hydroxylation is 1. The monoisotopic (exact) mass is 293 g/mol. The molecule has 2 heterocycles. The lowest BCUT2D eigenvalue weighted by atomic mass is 10.2. The SMILES string of the molecule is CCCCOc1cc(NCC2CCCO2)nc(CCC)n1. The lowest BCUT2D eigenvalue weighted by Crippen LogP contribution is -2.19. The molecule has 0 amide bonds. The van der Waals surface area contributed by atoms with Gasteiger partial charge in [-0.25, -0.2) is 4.98 Å². The molecule has 0 aliphatic carbocycles. The molecule has 0 radical (unpaired) electrons. The molecule has 5 heteroatoms. The molecule has 21 heavy (non-hydrogen) atoms. The van der Waals surface area contributed by atoms with E-state index in [2.05, 4.69) is 29.1 Å². The Morgan fingerprint density at radius 3 is 2.95 bits per heavy atom. The summed E-state index contributed by atoms with van der Waals surface area (Å²) in [4.78, 5) is 9.02. The van der Waals surface area contributed by atoms with Crippen LogP contribution >= 0.6 is 0 Å². The van der Waals surface area contributed by atoms with Crippen LogP contribution in [0.15, 0.2) is 6.07 Å². The largest absolute Gasteiger partial charge is 0.478 e. The Morgan fingerprint density at radius 2 is 2.24 bits per heavy atom. The first kappa shape index (κ1) is 16.0. The molecule has 2 rings (SSSR count). The van der Waals surface area contributed by atoms with Crippen LogP contribution < -0.4 is 10.1 Å². The molecule has 0 saturated carbocycles. The van der Waals surface area contributed by atoms with Gasteiger partial charge in [0.15, 0.2) is 0 Å². The van der Waals surface area contributed by atoms with Crippen molar-refractivity contribution in [3.05, 3.63) is 11.9 Å². The molecule has 118 valence electrons. The van der Waals surface area contributed by atoms with Gasteiger partial charge in [0.1, 0.15) is 11.6 Å². The molecule has 1 N–H and O–H groups in total. The molecule has 1 aromatic rings. The van der Waals surface area contributed by atoms with Gasteiger partial charge in [-0.05, 0) is 25.7 Å². The van der Waals surface area contributed by atoms with Crippen molar-refractivity contribution in [3.63, 3.8) is 0 Å². The fourth-order valence-electron chi connectivity index (χ4n) is 2.32. The minimum atomic E-state index is 0.305. The molecule has 1 fully saturated rings. The second kappa shape index (κ2) is 8.82. The summed E-state index contributed by atoms with van der Waals surface area (Å²) in [6.07, 6.45) is 6.66. The normalized spacial score (nSPS) is 17.9. The summed E-state index contributed by atoms with van der Waals surface area (Å²) in [5, 5.41) is 3.36. The summed E-state index contributed by atoms with van der Waals surface area (Å²) >= 11 is 0. The first-order valence-corrected chi connectivity index (χ1v) is 8.18. The average molecular weight is 293 g/mol. The van der Waals surface area contributed by atoms with Crippen LogP contribution in [-0.4, -0.2) is 35.8 Å². The van der Waals surface area contributed by atoms with Crippen molar-refractivity contribution >= 4 is 5.82 Å². The molecular weight excluding hydrogens is 266 g/mol. The second-order valence-corrected chi connectivity index (χ2v) is 5.48. The highest BCUT2D eigenvalue weighted by Gasteiger charge is 2.15. The zero-order chi connectivity index (χ0) is 14.9. The highest BCUT2D eigenvalue weighted by atomic mass is 16.5. The van der Waals surface area contributed by atoms with Crippen molar-refractivity contribution in [1.29, 1.82) is 0 Å². The maximum atomic E-state index is 5.72. The average Bonchev–Trinajstić information content (AvgIpc) is 2.99. The van der Waals surface area contributed by atoms with E-state index in [0.29, 0.717) is 18.6 Å². The van der Waals surface area contributed by atoms with Crippen LogP contribution in [0.5, 0.6) is 5.88 Å². The van der Waals surface area contributed by atoms with Crippen molar-refractivity contribution in [2.45, 2.75) is 58.5 Å². The maximum absolute atomic E-state index is 5.72. The van der Waals surface area contributed by atoms with Crippen molar-refractivity contribution < 1.29 is 9.47 Å². The molecule has 1 aliphatic rings. The third-order valence-electron chi connectivity index (χ3n) is 3.51. The summed E-state index contributed by atoms with van der Waals surface area (Å²) in [6, 6.07) is 1.89. The predicted molar refractivity (Wildman–Crippen MR) is 83.9 cm³/mol. The van der Waals surface area contributed by atoms with Gasteiger partial charge < -0.3 is 14.8 Å². The molecule has 0 bridgehead atoms. The van der Waals surface area contributed by atoms with Crippen molar-refractivity contribution in [3.8, 4) is 5.88 Å². The number of rotatable bonds is 9. The number of hydrogen-bond acceptors (Lipinski definition) is 5. The number of anilines is 1. The van der Waals surface area contributed by atoms with Crippen LogP contribution in [0, 0.1) is 0 Å². The number of aromatic nitrogens is 2. The van der Waals surface area contributed by atoms with Gasteiger partial charge in [-0.3, -0.25) is 0 Å². The van der Waals surface area contributed by atoms with Crippen LogP contribution in [-0.2, 0) is 11.2 Å². The predicted octanol–water partition coefficient (Wildman–Crippen LogP) is 3.20. The Kier molecular flexibility index (Phi) is 6.73. The molecule has 1 atom stereocenters. The smallest absolute Gasteiger partial charge is 0.218 e.